The van der Waals surface area contributed by atoms with Crippen LogP contribution in [0.5, 0.6) is 0 Å². The van der Waals surface area contributed by atoms with Crippen LogP contribution in [-0.2, 0) is 6.42 Å². The number of benzene rings is 2. The molecule has 0 aliphatic rings. The van der Waals surface area contributed by atoms with Crippen LogP contribution in [0.1, 0.15) is 43.7 Å². The first-order valence-electron chi connectivity index (χ1n) is 8.97. The summed E-state index contributed by atoms with van der Waals surface area (Å²) in [6.45, 7) is 4.46. The first-order chi connectivity index (χ1) is 11.8. The van der Waals surface area contributed by atoms with Gasteiger partial charge in [0.25, 0.3) is 0 Å². The van der Waals surface area contributed by atoms with Gasteiger partial charge in [-0.1, -0.05) is 62.6 Å². The Morgan fingerprint density at radius 3 is 2.54 bits per heavy atom. The van der Waals surface area contributed by atoms with Gasteiger partial charge in [0.05, 0.1) is 12.0 Å². The first-order valence-corrected chi connectivity index (χ1v) is 8.97. The van der Waals surface area contributed by atoms with Gasteiger partial charge in [-0.05, 0) is 48.1 Å². The summed E-state index contributed by atoms with van der Waals surface area (Å²) in [6.07, 6.45) is 12.0. The molecule has 0 aliphatic carbocycles. The average Bonchev–Trinajstić information content (AvgIpc) is 3.14. The summed E-state index contributed by atoms with van der Waals surface area (Å²) in [7, 11) is 0. The van der Waals surface area contributed by atoms with Gasteiger partial charge in [0.1, 0.15) is 0 Å². The Labute approximate surface area is 145 Å². The molecule has 0 unspecified atom stereocenters. The Balaban J connectivity index is 1.99. The molecule has 0 aliphatic heterocycles. The van der Waals surface area contributed by atoms with Gasteiger partial charge in [-0.2, -0.15) is 0 Å². The number of nitrogens with zero attached hydrogens (tertiary/aromatic N) is 2. The van der Waals surface area contributed by atoms with Gasteiger partial charge in [0.2, 0.25) is 0 Å². The number of aryl methyl sites for hydroxylation is 2. The SMILES string of the molecule is CCCCCCc1cc(C)c(-n2ccnc2)cc1-c1ccccc1. The van der Waals surface area contributed by atoms with Crippen molar-refractivity contribution >= 4 is 0 Å². The molecule has 3 aromatic rings. The molecule has 0 saturated carbocycles. The number of aromatic nitrogens is 2. The van der Waals surface area contributed by atoms with Crippen molar-refractivity contribution in [2.45, 2.75) is 46.0 Å². The van der Waals surface area contributed by atoms with E-state index >= 15 is 0 Å². The van der Waals surface area contributed by atoms with Crippen molar-refractivity contribution in [1.82, 2.24) is 9.55 Å². The summed E-state index contributed by atoms with van der Waals surface area (Å²) in [5.41, 5.74) is 6.62. The van der Waals surface area contributed by atoms with Crippen LogP contribution in [0.4, 0.5) is 0 Å². The van der Waals surface area contributed by atoms with E-state index < -0.39 is 0 Å². The minimum atomic E-state index is 1.15. The highest BCUT2D eigenvalue weighted by Crippen LogP contribution is 2.30. The van der Waals surface area contributed by atoms with Crippen molar-refractivity contribution in [2.75, 3.05) is 0 Å². The molecule has 24 heavy (non-hydrogen) atoms. The topological polar surface area (TPSA) is 17.8 Å². The molecule has 0 amide bonds. The van der Waals surface area contributed by atoms with Crippen molar-refractivity contribution in [1.29, 1.82) is 0 Å². The van der Waals surface area contributed by atoms with Crippen molar-refractivity contribution in [3.63, 3.8) is 0 Å². The molecule has 0 atom stereocenters. The van der Waals surface area contributed by atoms with Crippen molar-refractivity contribution in [2.24, 2.45) is 0 Å². The number of hydrogen-bond donors (Lipinski definition) is 0. The van der Waals surface area contributed by atoms with E-state index in [1.807, 2.05) is 18.7 Å². The van der Waals surface area contributed by atoms with Gasteiger partial charge < -0.3 is 4.57 Å². The number of rotatable bonds is 7. The van der Waals surface area contributed by atoms with E-state index in [0.29, 0.717) is 0 Å². The summed E-state index contributed by atoms with van der Waals surface area (Å²) in [5.74, 6) is 0. The van der Waals surface area contributed by atoms with Gasteiger partial charge >= 0.3 is 0 Å². The van der Waals surface area contributed by atoms with Gasteiger partial charge in [0, 0.05) is 12.4 Å². The standard InChI is InChI=1S/C22H26N2/c1-3-4-5-7-12-20-15-18(2)22(24-14-13-23-17-24)16-21(20)19-10-8-6-9-11-19/h6,8-11,13-17H,3-5,7,12H2,1-2H3. The van der Waals surface area contributed by atoms with Gasteiger partial charge in [-0.15, -0.1) is 0 Å². The highest BCUT2D eigenvalue weighted by molar-refractivity contribution is 5.71. The van der Waals surface area contributed by atoms with E-state index in [0.717, 1.165) is 6.42 Å². The van der Waals surface area contributed by atoms with E-state index in [-0.39, 0.29) is 0 Å². The maximum Gasteiger partial charge on any atom is 0.0991 e. The third kappa shape index (κ3) is 3.76. The lowest BCUT2D eigenvalue weighted by molar-refractivity contribution is 0.667. The van der Waals surface area contributed by atoms with Crippen LogP contribution >= 0.6 is 0 Å². The zero-order valence-corrected chi connectivity index (χ0v) is 14.7. The largest absolute Gasteiger partial charge is 0.306 e. The minimum absolute atomic E-state index is 1.15. The lowest BCUT2D eigenvalue weighted by Gasteiger charge is -2.16. The predicted octanol–water partition coefficient (Wildman–Crippen LogP) is 5.97. The minimum Gasteiger partial charge on any atom is -0.306 e. The Bertz CT molecular complexity index is 758. The van der Waals surface area contributed by atoms with Crippen LogP contribution in [0.15, 0.2) is 61.2 Å². The van der Waals surface area contributed by atoms with E-state index in [1.54, 1.807) is 0 Å². The Hall–Kier alpha value is -2.35. The number of unbranched alkanes of at least 4 members (excludes halogenated alkanes) is 3. The van der Waals surface area contributed by atoms with Crippen LogP contribution in [0.25, 0.3) is 16.8 Å². The van der Waals surface area contributed by atoms with Crippen LogP contribution in [0.2, 0.25) is 0 Å². The van der Waals surface area contributed by atoms with E-state index in [2.05, 4.69) is 65.9 Å². The normalized spacial score (nSPS) is 10.9. The number of hydrogen-bond acceptors (Lipinski definition) is 1. The first kappa shape index (κ1) is 16.5. The lowest BCUT2D eigenvalue weighted by atomic mass is 9.93. The highest BCUT2D eigenvalue weighted by atomic mass is 15.0. The second-order valence-electron chi connectivity index (χ2n) is 6.44. The van der Waals surface area contributed by atoms with Gasteiger partial charge in [-0.25, -0.2) is 4.98 Å². The zero-order chi connectivity index (χ0) is 16.8. The van der Waals surface area contributed by atoms with Gasteiger partial charge in [-0.3, -0.25) is 0 Å². The molecule has 2 nitrogen and oxygen atoms in total. The summed E-state index contributed by atoms with van der Waals surface area (Å²) in [5, 5.41) is 0. The second-order valence-corrected chi connectivity index (χ2v) is 6.44. The molecule has 2 aromatic carbocycles. The molecule has 0 bridgehead atoms. The molecule has 1 heterocycles. The fourth-order valence-electron chi connectivity index (χ4n) is 3.27. The molecule has 0 spiro atoms. The molecular formula is C22H26N2. The van der Waals surface area contributed by atoms with Crippen LogP contribution < -0.4 is 0 Å². The van der Waals surface area contributed by atoms with Crippen molar-refractivity contribution in [3.8, 4) is 16.8 Å². The number of imidazole rings is 1. The lowest BCUT2D eigenvalue weighted by Crippen LogP contribution is -1.99. The summed E-state index contributed by atoms with van der Waals surface area (Å²) < 4.78 is 2.10. The maximum absolute atomic E-state index is 4.20. The van der Waals surface area contributed by atoms with E-state index in [4.69, 9.17) is 0 Å². The average molecular weight is 318 g/mol. The smallest absolute Gasteiger partial charge is 0.0991 e. The second kappa shape index (κ2) is 7.96. The van der Waals surface area contributed by atoms with Crippen molar-refractivity contribution in [3.05, 3.63) is 72.3 Å². The summed E-state index contributed by atoms with van der Waals surface area (Å²) in [6, 6.07) is 15.4. The van der Waals surface area contributed by atoms with Gasteiger partial charge in [0.15, 0.2) is 0 Å². The molecule has 124 valence electrons. The van der Waals surface area contributed by atoms with Crippen molar-refractivity contribution < 1.29 is 0 Å². The van der Waals surface area contributed by atoms with Crippen LogP contribution in [0, 0.1) is 6.92 Å². The zero-order valence-electron chi connectivity index (χ0n) is 14.7. The fourth-order valence-corrected chi connectivity index (χ4v) is 3.27. The third-order valence-corrected chi connectivity index (χ3v) is 4.59. The van der Waals surface area contributed by atoms with Crippen LogP contribution in [0.3, 0.4) is 0 Å². The Morgan fingerprint density at radius 1 is 1.00 bits per heavy atom. The highest BCUT2D eigenvalue weighted by Gasteiger charge is 2.10. The molecule has 0 fully saturated rings. The molecule has 0 saturated heterocycles. The summed E-state index contributed by atoms with van der Waals surface area (Å²) >= 11 is 0. The Morgan fingerprint density at radius 2 is 1.83 bits per heavy atom. The fraction of sp³-hybridized carbons (Fsp3) is 0.318. The van der Waals surface area contributed by atoms with Crippen LogP contribution in [-0.4, -0.2) is 9.55 Å². The molecule has 0 N–H and O–H groups in total. The monoisotopic (exact) mass is 318 g/mol. The predicted molar refractivity (Wildman–Crippen MR) is 102 cm³/mol. The van der Waals surface area contributed by atoms with E-state index in [1.165, 1.54) is 53.6 Å². The maximum atomic E-state index is 4.20. The molecule has 3 rings (SSSR count). The molecular weight excluding hydrogens is 292 g/mol. The van der Waals surface area contributed by atoms with E-state index in [9.17, 15) is 0 Å². The molecule has 1 aromatic heterocycles. The Kier molecular flexibility index (Phi) is 5.47. The quantitative estimate of drug-likeness (QED) is 0.491. The summed E-state index contributed by atoms with van der Waals surface area (Å²) in [4.78, 5) is 4.20. The third-order valence-electron chi connectivity index (χ3n) is 4.59. The molecule has 0 radical (unpaired) electrons. The molecule has 2 heteroatoms.